The van der Waals surface area contributed by atoms with E-state index in [2.05, 4.69) is 22.9 Å². The van der Waals surface area contributed by atoms with Crippen LogP contribution in [0.2, 0.25) is 0 Å². The third-order valence-corrected chi connectivity index (χ3v) is 4.60. The maximum absolute atomic E-state index is 12.6. The lowest BCUT2D eigenvalue weighted by atomic mass is 9.90. The van der Waals surface area contributed by atoms with Gasteiger partial charge < -0.3 is 20.1 Å². The second kappa shape index (κ2) is 4.93. The number of carbonyl (C=O) groups is 1. The normalized spacial score (nSPS) is 24.2. The van der Waals surface area contributed by atoms with E-state index in [1.165, 1.54) is 0 Å². The van der Waals surface area contributed by atoms with Crippen molar-refractivity contribution in [1.29, 1.82) is 0 Å². The number of nitrogens with two attached hydrogens (primary N) is 1. The number of nitrogens with zero attached hydrogens (tertiary/aromatic N) is 1. The van der Waals surface area contributed by atoms with Gasteiger partial charge in [0.25, 0.3) is 5.91 Å². The molecule has 2 heterocycles. The van der Waals surface area contributed by atoms with Crippen molar-refractivity contribution in [2.24, 2.45) is 11.1 Å². The fourth-order valence-corrected chi connectivity index (χ4v) is 3.19. The van der Waals surface area contributed by atoms with E-state index >= 15 is 0 Å². The fourth-order valence-electron chi connectivity index (χ4n) is 2.64. The summed E-state index contributed by atoms with van der Waals surface area (Å²) < 4.78 is 11.4. The number of carbonyl (C=O) groups excluding carboxylic acids is 1. The van der Waals surface area contributed by atoms with Crippen LogP contribution in [-0.4, -0.2) is 37.2 Å². The van der Waals surface area contributed by atoms with Crippen molar-refractivity contribution in [3.05, 3.63) is 22.2 Å². The zero-order valence-electron chi connectivity index (χ0n) is 11.3. The molecule has 1 unspecified atom stereocenters. The minimum absolute atomic E-state index is 0.0150. The first-order chi connectivity index (χ1) is 9.52. The molecule has 0 spiro atoms. The van der Waals surface area contributed by atoms with Crippen molar-refractivity contribution in [2.75, 3.05) is 26.4 Å². The Morgan fingerprint density at radius 3 is 3.00 bits per heavy atom. The number of halogens is 1. The van der Waals surface area contributed by atoms with E-state index in [0.717, 1.165) is 17.4 Å². The molecule has 5 nitrogen and oxygen atoms in total. The van der Waals surface area contributed by atoms with E-state index in [0.29, 0.717) is 30.2 Å². The molecule has 1 aromatic carbocycles. The third-order valence-electron chi connectivity index (χ3n) is 4.01. The van der Waals surface area contributed by atoms with E-state index < -0.39 is 0 Å². The van der Waals surface area contributed by atoms with Crippen LogP contribution in [0.3, 0.4) is 0 Å². The van der Waals surface area contributed by atoms with Crippen LogP contribution in [0.5, 0.6) is 11.5 Å². The smallest absolute Gasteiger partial charge is 0.254 e. The summed E-state index contributed by atoms with van der Waals surface area (Å²) in [5, 5.41) is 0. The molecule has 6 heteroatoms. The van der Waals surface area contributed by atoms with Crippen molar-refractivity contribution < 1.29 is 14.3 Å². The number of benzene rings is 1. The number of likely N-dealkylation sites (tertiary alicyclic amines) is 1. The van der Waals surface area contributed by atoms with Gasteiger partial charge in [0.05, 0.1) is 4.47 Å². The highest BCUT2D eigenvalue weighted by molar-refractivity contribution is 9.10. The van der Waals surface area contributed by atoms with E-state index in [9.17, 15) is 4.79 Å². The lowest BCUT2D eigenvalue weighted by Gasteiger charge is -2.22. The molecule has 2 aliphatic heterocycles. The molecule has 1 atom stereocenters. The highest BCUT2D eigenvalue weighted by Gasteiger charge is 2.35. The Bertz CT molecular complexity index is 564. The van der Waals surface area contributed by atoms with Crippen LogP contribution in [-0.2, 0) is 0 Å². The molecule has 0 aliphatic carbocycles. The Labute approximate surface area is 126 Å². The molecule has 0 bridgehead atoms. The monoisotopic (exact) mass is 340 g/mol. The lowest BCUT2D eigenvalue weighted by Crippen LogP contribution is -2.34. The van der Waals surface area contributed by atoms with Crippen molar-refractivity contribution in [3.8, 4) is 11.5 Å². The van der Waals surface area contributed by atoms with E-state index in [1.807, 2.05) is 4.90 Å². The molecule has 3 rings (SSSR count). The average molecular weight is 341 g/mol. The molecule has 1 saturated heterocycles. The van der Waals surface area contributed by atoms with Gasteiger partial charge in [-0.3, -0.25) is 4.79 Å². The van der Waals surface area contributed by atoms with Crippen LogP contribution in [0.4, 0.5) is 0 Å². The second-order valence-corrected chi connectivity index (χ2v) is 6.54. The van der Waals surface area contributed by atoms with E-state index in [1.54, 1.807) is 12.1 Å². The van der Waals surface area contributed by atoms with Gasteiger partial charge in [0.15, 0.2) is 11.5 Å². The summed E-state index contributed by atoms with van der Waals surface area (Å²) >= 11 is 3.42. The van der Waals surface area contributed by atoms with Gasteiger partial charge in [-0.1, -0.05) is 6.92 Å². The number of hydrogen-bond acceptors (Lipinski definition) is 4. The SMILES string of the molecule is CC1(CN)CCN(C(=O)c2cc(Br)c3c(c2)OCO3)C1. The van der Waals surface area contributed by atoms with Gasteiger partial charge in [0.2, 0.25) is 6.79 Å². The zero-order chi connectivity index (χ0) is 14.3. The number of hydrogen-bond donors (Lipinski definition) is 1. The molecule has 108 valence electrons. The highest BCUT2D eigenvalue weighted by Crippen LogP contribution is 2.40. The first-order valence-corrected chi connectivity index (χ1v) is 7.40. The average Bonchev–Trinajstić information content (AvgIpc) is 3.05. The van der Waals surface area contributed by atoms with Crippen molar-refractivity contribution >= 4 is 21.8 Å². The Hall–Kier alpha value is -1.27. The predicted octanol–water partition coefficient (Wildman–Crippen LogP) is 1.99. The molecule has 1 aromatic rings. The van der Waals surface area contributed by atoms with Crippen LogP contribution in [0.15, 0.2) is 16.6 Å². The second-order valence-electron chi connectivity index (χ2n) is 5.68. The lowest BCUT2D eigenvalue weighted by molar-refractivity contribution is 0.0776. The van der Waals surface area contributed by atoms with Crippen molar-refractivity contribution in [2.45, 2.75) is 13.3 Å². The minimum Gasteiger partial charge on any atom is -0.454 e. The number of rotatable bonds is 2. The van der Waals surface area contributed by atoms with Gasteiger partial charge in [0.1, 0.15) is 0 Å². The van der Waals surface area contributed by atoms with Gasteiger partial charge in [-0.2, -0.15) is 0 Å². The summed E-state index contributed by atoms with van der Waals surface area (Å²) in [5.74, 6) is 1.29. The van der Waals surface area contributed by atoms with Crippen molar-refractivity contribution in [3.63, 3.8) is 0 Å². The predicted molar refractivity (Wildman–Crippen MR) is 77.9 cm³/mol. The van der Waals surface area contributed by atoms with Crippen LogP contribution >= 0.6 is 15.9 Å². The first-order valence-electron chi connectivity index (χ1n) is 6.61. The van der Waals surface area contributed by atoms with Gasteiger partial charge in [0, 0.05) is 18.7 Å². The highest BCUT2D eigenvalue weighted by atomic mass is 79.9. The quantitative estimate of drug-likeness (QED) is 0.894. The summed E-state index contributed by atoms with van der Waals surface area (Å²) in [4.78, 5) is 14.4. The van der Waals surface area contributed by atoms with Crippen LogP contribution in [0.25, 0.3) is 0 Å². The van der Waals surface area contributed by atoms with Gasteiger partial charge >= 0.3 is 0 Å². The maximum Gasteiger partial charge on any atom is 0.254 e. The number of amides is 1. The topological polar surface area (TPSA) is 64.8 Å². The summed E-state index contributed by atoms with van der Waals surface area (Å²) in [6.07, 6.45) is 0.945. The Morgan fingerprint density at radius 2 is 2.30 bits per heavy atom. The Kier molecular flexibility index (Phi) is 3.38. The largest absolute Gasteiger partial charge is 0.454 e. The van der Waals surface area contributed by atoms with Gasteiger partial charge in [-0.05, 0) is 46.4 Å². The number of fused-ring (bicyclic) bond motifs is 1. The molecular formula is C14H17BrN2O3. The van der Waals surface area contributed by atoms with E-state index in [4.69, 9.17) is 15.2 Å². The molecule has 0 aromatic heterocycles. The summed E-state index contributed by atoms with van der Waals surface area (Å²) in [7, 11) is 0. The van der Waals surface area contributed by atoms with E-state index in [-0.39, 0.29) is 18.1 Å². The molecule has 2 aliphatic rings. The molecule has 1 amide bonds. The third kappa shape index (κ3) is 2.27. The summed E-state index contributed by atoms with van der Waals surface area (Å²) in [5.41, 5.74) is 6.43. The molecular weight excluding hydrogens is 324 g/mol. The van der Waals surface area contributed by atoms with Crippen LogP contribution in [0, 0.1) is 5.41 Å². The maximum atomic E-state index is 12.6. The molecule has 0 radical (unpaired) electrons. The first kappa shape index (κ1) is 13.7. The van der Waals surface area contributed by atoms with Crippen LogP contribution in [0.1, 0.15) is 23.7 Å². The standard InChI is InChI=1S/C14H17BrN2O3/c1-14(6-16)2-3-17(7-14)13(18)9-4-10(15)12-11(5-9)19-8-20-12/h4-5H,2-3,6-8,16H2,1H3. The molecule has 2 N–H and O–H groups in total. The van der Waals surface area contributed by atoms with Crippen LogP contribution < -0.4 is 15.2 Å². The van der Waals surface area contributed by atoms with Gasteiger partial charge in [-0.25, -0.2) is 0 Å². The van der Waals surface area contributed by atoms with Gasteiger partial charge in [-0.15, -0.1) is 0 Å². The molecule has 1 fully saturated rings. The summed E-state index contributed by atoms with van der Waals surface area (Å²) in [6.45, 7) is 4.37. The minimum atomic E-state index is 0.0150. The fraction of sp³-hybridized carbons (Fsp3) is 0.500. The molecule has 0 saturated carbocycles. The Morgan fingerprint density at radius 1 is 1.50 bits per heavy atom. The van der Waals surface area contributed by atoms with Crippen molar-refractivity contribution in [1.82, 2.24) is 4.90 Å². The number of ether oxygens (including phenoxy) is 2. The summed E-state index contributed by atoms with van der Waals surface area (Å²) in [6, 6.07) is 3.53. The molecule has 20 heavy (non-hydrogen) atoms. The zero-order valence-corrected chi connectivity index (χ0v) is 12.9. The Balaban J connectivity index is 1.84.